The van der Waals surface area contributed by atoms with Crippen LogP contribution >= 0.6 is 0 Å². The van der Waals surface area contributed by atoms with Gasteiger partial charge in [-0.25, -0.2) is 9.97 Å². The lowest BCUT2D eigenvalue weighted by molar-refractivity contribution is -0.383. The predicted octanol–water partition coefficient (Wildman–Crippen LogP) is 1.80. The monoisotopic (exact) mass is 340 g/mol. The van der Waals surface area contributed by atoms with E-state index in [4.69, 9.17) is 5.73 Å². The van der Waals surface area contributed by atoms with E-state index in [1.807, 2.05) is 23.1 Å². The fourth-order valence-electron chi connectivity index (χ4n) is 2.83. The van der Waals surface area contributed by atoms with E-state index in [9.17, 15) is 10.1 Å². The number of nitrogen functional groups attached to an aromatic ring is 1. The van der Waals surface area contributed by atoms with Crippen molar-refractivity contribution in [1.29, 1.82) is 0 Å². The maximum Gasteiger partial charge on any atom is 0.353 e. The number of nitro groups is 1. The number of benzene rings is 1. The van der Waals surface area contributed by atoms with Crippen LogP contribution in [-0.4, -0.2) is 52.5 Å². The second kappa shape index (κ2) is 7.71. The lowest BCUT2D eigenvalue weighted by Gasteiger charge is -2.34. The van der Waals surface area contributed by atoms with Gasteiger partial charge in [0.25, 0.3) is 0 Å². The molecule has 25 heavy (non-hydrogen) atoms. The zero-order valence-corrected chi connectivity index (χ0v) is 13.8. The summed E-state index contributed by atoms with van der Waals surface area (Å²) in [6.07, 6.45) is 5.51. The Balaban J connectivity index is 1.58. The summed E-state index contributed by atoms with van der Waals surface area (Å²) < 4.78 is 0. The normalized spacial score (nSPS) is 15.6. The zero-order chi connectivity index (χ0) is 17.6. The third-order valence-corrected chi connectivity index (χ3v) is 4.16. The Morgan fingerprint density at radius 2 is 1.88 bits per heavy atom. The lowest BCUT2D eigenvalue weighted by Crippen LogP contribution is -2.46. The van der Waals surface area contributed by atoms with E-state index < -0.39 is 4.92 Å². The van der Waals surface area contributed by atoms with Crippen LogP contribution in [0.2, 0.25) is 0 Å². The topological polar surface area (TPSA) is 101 Å². The Morgan fingerprint density at radius 3 is 2.56 bits per heavy atom. The van der Waals surface area contributed by atoms with Gasteiger partial charge in [0.15, 0.2) is 0 Å². The van der Waals surface area contributed by atoms with Gasteiger partial charge in [-0.15, -0.1) is 0 Å². The summed E-state index contributed by atoms with van der Waals surface area (Å²) in [5.74, 6) is 0.209. The Morgan fingerprint density at radius 1 is 1.16 bits per heavy atom. The molecule has 2 heterocycles. The summed E-state index contributed by atoms with van der Waals surface area (Å²) in [6, 6.07) is 10.1. The first kappa shape index (κ1) is 16.8. The van der Waals surface area contributed by atoms with Gasteiger partial charge in [0.1, 0.15) is 6.33 Å². The molecule has 0 atom stereocenters. The highest BCUT2D eigenvalue weighted by atomic mass is 16.6. The van der Waals surface area contributed by atoms with Crippen molar-refractivity contribution in [2.45, 2.75) is 0 Å². The molecule has 1 aliphatic heterocycles. The summed E-state index contributed by atoms with van der Waals surface area (Å²) in [6.45, 7) is 3.78. The summed E-state index contributed by atoms with van der Waals surface area (Å²) in [5.41, 5.74) is 6.60. The van der Waals surface area contributed by atoms with Gasteiger partial charge in [0, 0.05) is 32.7 Å². The van der Waals surface area contributed by atoms with Gasteiger partial charge in [-0.1, -0.05) is 42.5 Å². The molecule has 1 saturated heterocycles. The van der Waals surface area contributed by atoms with Crippen molar-refractivity contribution < 1.29 is 4.92 Å². The molecule has 1 aliphatic rings. The first-order valence-electron chi connectivity index (χ1n) is 8.09. The summed E-state index contributed by atoms with van der Waals surface area (Å²) >= 11 is 0. The lowest BCUT2D eigenvalue weighted by atomic mass is 10.2. The Labute approximate surface area is 145 Å². The second-order valence-corrected chi connectivity index (χ2v) is 5.79. The fourth-order valence-corrected chi connectivity index (χ4v) is 2.83. The van der Waals surface area contributed by atoms with Crippen LogP contribution in [0.1, 0.15) is 5.56 Å². The van der Waals surface area contributed by atoms with Crippen LogP contribution in [0.3, 0.4) is 0 Å². The first-order chi connectivity index (χ1) is 12.1. The molecule has 0 aliphatic carbocycles. The Hall–Kier alpha value is -3.00. The maximum absolute atomic E-state index is 11.2. The van der Waals surface area contributed by atoms with Gasteiger partial charge in [-0.05, 0) is 5.56 Å². The molecule has 0 saturated carbocycles. The first-order valence-corrected chi connectivity index (χ1v) is 8.09. The minimum atomic E-state index is -0.514. The fraction of sp³-hybridized carbons (Fsp3) is 0.294. The van der Waals surface area contributed by atoms with E-state index >= 15 is 0 Å². The SMILES string of the molecule is Nc1ncnc(N2CCN(CC=Cc3ccccc3)CC2)c1[N+](=O)[O-]. The highest BCUT2D eigenvalue weighted by Gasteiger charge is 2.27. The molecule has 0 unspecified atom stereocenters. The number of piperazine rings is 1. The van der Waals surface area contributed by atoms with Crippen LogP contribution in [0.25, 0.3) is 6.08 Å². The largest absolute Gasteiger partial charge is 0.378 e. The van der Waals surface area contributed by atoms with E-state index in [-0.39, 0.29) is 11.5 Å². The molecular weight excluding hydrogens is 320 g/mol. The quantitative estimate of drug-likeness (QED) is 0.654. The number of aromatic nitrogens is 2. The van der Waals surface area contributed by atoms with Crippen LogP contribution in [0.15, 0.2) is 42.7 Å². The standard InChI is InChI=1S/C17H20N6O2/c18-16-15(23(24)25)17(20-13-19-16)22-11-9-21(10-12-22)8-4-7-14-5-2-1-3-6-14/h1-7,13H,8-12H2,(H2,18,19,20). The van der Waals surface area contributed by atoms with E-state index in [0.717, 1.165) is 19.6 Å². The predicted molar refractivity (Wildman–Crippen MR) is 97.2 cm³/mol. The molecule has 8 heteroatoms. The number of rotatable bonds is 5. The molecule has 3 rings (SSSR count). The molecule has 8 nitrogen and oxygen atoms in total. The number of hydrogen-bond donors (Lipinski definition) is 1. The highest BCUT2D eigenvalue weighted by Crippen LogP contribution is 2.30. The number of nitrogens with zero attached hydrogens (tertiary/aromatic N) is 5. The van der Waals surface area contributed by atoms with Crippen LogP contribution < -0.4 is 10.6 Å². The second-order valence-electron chi connectivity index (χ2n) is 5.79. The van der Waals surface area contributed by atoms with Crippen molar-refractivity contribution in [3.05, 3.63) is 58.4 Å². The summed E-state index contributed by atoms with van der Waals surface area (Å²) in [4.78, 5) is 22.7. The Bertz CT molecular complexity index is 757. The van der Waals surface area contributed by atoms with Crippen LogP contribution in [-0.2, 0) is 0 Å². The minimum Gasteiger partial charge on any atom is -0.378 e. The van der Waals surface area contributed by atoms with Gasteiger partial charge < -0.3 is 10.6 Å². The van der Waals surface area contributed by atoms with Gasteiger partial charge in [0.05, 0.1) is 4.92 Å². The van der Waals surface area contributed by atoms with Crippen molar-refractivity contribution in [2.24, 2.45) is 0 Å². The third-order valence-electron chi connectivity index (χ3n) is 4.16. The number of hydrogen-bond acceptors (Lipinski definition) is 7. The zero-order valence-electron chi connectivity index (χ0n) is 13.8. The molecule has 2 aromatic rings. The van der Waals surface area contributed by atoms with Gasteiger partial charge in [0.2, 0.25) is 11.6 Å². The van der Waals surface area contributed by atoms with E-state index in [1.165, 1.54) is 11.9 Å². The number of nitrogens with two attached hydrogens (primary N) is 1. The molecule has 0 spiro atoms. The van der Waals surface area contributed by atoms with Crippen molar-refractivity contribution in [2.75, 3.05) is 43.4 Å². The molecular formula is C17H20N6O2. The van der Waals surface area contributed by atoms with Gasteiger partial charge >= 0.3 is 5.69 Å². The van der Waals surface area contributed by atoms with Crippen molar-refractivity contribution in [1.82, 2.24) is 14.9 Å². The maximum atomic E-state index is 11.2. The van der Waals surface area contributed by atoms with Crippen molar-refractivity contribution in [3.8, 4) is 0 Å². The van der Waals surface area contributed by atoms with E-state index in [1.54, 1.807) is 0 Å². The van der Waals surface area contributed by atoms with Gasteiger partial charge in [-0.2, -0.15) is 0 Å². The van der Waals surface area contributed by atoms with E-state index in [2.05, 4.69) is 39.2 Å². The average molecular weight is 340 g/mol. The molecule has 130 valence electrons. The van der Waals surface area contributed by atoms with Crippen molar-refractivity contribution in [3.63, 3.8) is 0 Å². The molecule has 2 N–H and O–H groups in total. The summed E-state index contributed by atoms with van der Waals surface area (Å²) in [5, 5.41) is 11.2. The van der Waals surface area contributed by atoms with Crippen LogP contribution in [0, 0.1) is 10.1 Å². The molecule has 0 amide bonds. The molecule has 0 bridgehead atoms. The Kier molecular flexibility index (Phi) is 5.20. The third kappa shape index (κ3) is 4.10. The molecule has 1 fully saturated rings. The molecule has 1 aromatic carbocycles. The molecule has 0 radical (unpaired) electrons. The minimum absolute atomic E-state index is 0.0942. The summed E-state index contributed by atoms with van der Waals surface area (Å²) in [7, 11) is 0. The van der Waals surface area contributed by atoms with Gasteiger partial charge in [-0.3, -0.25) is 15.0 Å². The van der Waals surface area contributed by atoms with E-state index in [0.29, 0.717) is 18.9 Å². The van der Waals surface area contributed by atoms with Crippen LogP contribution in [0.4, 0.5) is 17.3 Å². The number of anilines is 2. The average Bonchev–Trinajstić information content (AvgIpc) is 2.63. The molecule has 1 aromatic heterocycles. The van der Waals surface area contributed by atoms with Crippen LogP contribution in [0.5, 0.6) is 0 Å². The van der Waals surface area contributed by atoms with Crippen molar-refractivity contribution >= 4 is 23.4 Å². The smallest absolute Gasteiger partial charge is 0.353 e. The highest BCUT2D eigenvalue weighted by molar-refractivity contribution is 5.68.